The van der Waals surface area contributed by atoms with Gasteiger partial charge in [-0.1, -0.05) is 19.1 Å². The SMILES string of the molecule is CCC12OCCC(COc3ccnc(CS(=O)c4nc5ccccc5[nH]4)c3C)(CO1)CO2. The second-order valence-electron chi connectivity index (χ2n) is 8.43. The smallest absolute Gasteiger partial charge is 0.282 e. The number of imidazole rings is 1. The van der Waals surface area contributed by atoms with Crippen molar-refractivity contribution in [1.29, 1.82) is 0 Å². The Hall–Kier alpha value is -2.33. The van der Waals surface area contributed by atoms with Crippen LogP contribution in [0.15, 0.2) is 41.7 Å². The van der Waals surface area contributed by atoms with Crippen LogP contribution in [0.25, 0.3) is 11.0 Å². The van der Waals surface area contributed by atoms with Gasteiger partial charge < -0.3 is 23.9 Å². The maximum atomic E-state index is 12.9. The van der Waals surface area contributed by atoms with Crippen molar-refractivity contribution in [3.8, 4) is 5.75 Å². The third-order valence-electron chi connectivity index (χ3n) is 6.23. The van der Waals surface area contributed by atoms with Crippen molar-refractivity contribution in [2.24, 2.45) is 5.41 Å². The summed E-state index contributed by atoms with van der Waals surface area (Å²) in [5, 5.41) is 0.451. The van der Waals surface area contributed by atoms with E-state index in [2.05, 4.69) is 15.0 Å². The molecule has 2 aromatic heterocycles. The number of ether oxygens (including phenoxy) is 4. The van der Waals surface area contributed by atoms with Gasteiger partial charge in [0.1, 0.15) is 5.75 Å². The van der Waals surface area contributed by atoms with E-state index >= 15 is 0 Å². The number of benzene rings is 1. The van der Waals surface area contributed by atoms with Crippen molar-refractivity contribution in [2.45, 2.75) is 43.6 Å². The molecule has 3 fully saturated rings. The summed E-state index contributed by atoms with van der Waals surface area (Å²) in [7, 11) is -1.35. The molecule has 8 nitrogen and oxygen atoms in total. The maximum Gasteiger partial charge on any atom is 0.282 e. The van der Waals surface area contributed by atoms with Crippen LogP contribution in [0.1, 0.15) is 31.0 Å². The van der Waals surface area contributed by atoms with E-state index in [0.717, 1.165) is 34.5 Å². The molecule has 1 unspecified atom stereocenters. The largest absolute Gasteiger partial charge is 0.492 e. The van der Waals surface area contributed by atoms with Crippen molar-refractivity contribution < 1.29 is 23.2 Å². The average Bonchev–Trinajstić information content (AvgIpc) is 3.07. The molecule has 3 aliphatic heterocycles. The number of pyridine rings is 1. The highest BCUT2D eigenvalue weighted by Crippen LogP contribution is 2.40. The standard InChI is InChI=1S/C23H27N3O5S/c1-3-23-29-11-9-22(14-30-23,15-31-23)13-28-20-8-10-24-19(16(20)2)12-32(27)21-25-17-6-4-5-7-18(17)26-21/h4-8,10H,3,9,11-15H2,1-2H3,(H,25,26). The van der Waals surface area contributed by atoms with E-state index in [9.17, 15) is 4.21 Å². The van der Waals surface area contributed by atoms with Gasteiger partial charge in [-0.2, -0.15) is 0 Å². The molecule has 0 amide bonds. The number of nitrogens with zero attached hydrogens (tertiary/aromatic N) is 2. The van der Waals surface area contributed by atoms with Crippen LogP contribution in [-0.4, -0.2) is 51.6 Å². The number of fused-ring (bicyclic) bond motifs is 5. The minimum atomic E-state index is -1.35. The van der Waals surface area contributed by atoms with Crippen LogP contribution >= 0.6 is 0 Å². The third-order valence-corrected chi connectivity index (χ3v) is 7.39. The minimum absolute atomic E-state index is 0.248. The number of hydrogen-bond acceptors (Lipinski definition) is 7. The van der Waals surface area contributed by atoms with E-state index in [1.165, 1.54) is 0 Å². The molecule has 6 rings (SSSR count). The highest BCUT2D eigenvalue weighted by Gasteiger charge is 2.48. The molecule has 2 bridgehead atoms. The molecule has 32 heavy (non-hydrogen) atoms. The maximum absolute atomic E-state index is 12.9. The van der Waals surface area contributed by atoms with Crippen LogP contribution in [0, 0.1) is 12.3 Å². The van der Waals surface area contributed by atoms with Crippen molar-refractivity contribution in [3.05, 3.63) is 47.8 Å². The highest BCUT2D eigenvalue weighted by molar-refractivity contribution is 7.84. The summed E-state index contributed by atoms with van der Waals surface area (Å²) >= 11 is 0. The first kappa shape index (κ1) is 21.5. The van der Waals surface area contributed by atoms with Crippen LogP contribution in [0.4, 0.5) is 0 Å². The van der Waals surface area contributed by atoms with Gasteiger partial charge in [0.05, 0.1) is 65.1 Å². The molecular weight excluding hydrogens is 430 g/mol. The van der Waals surface area contributed by atoms with Gasteiger partial charge in [-0.3, -0.25) is 9.19 Å². The Kier molecular flexibility index (Phi) is 5.75. The molecule has 1 atom stereocenters. The van der Waals surface area contributed by atoms with Gasteiger partial charge in [0.15, 0.2) is 5.16 Å². The fourth-order valence-electron chi connectivity index (χ4n) is 4.04. The number of para-hydroxylation sites is 2. The molecule has 1 aromatic carbocycles. The number of aromatic amines is 1. The van der Waals surface area contributed by atoms with Crippen molar-refractivity contribution in [3.63, 3.8) is 0 Å². The summed E-state index contributed by atoms with van der Waals surface area (Å²) in [6, 6.07) is 9.48. The number of H-pyrrole nitrogens is 1. The van der Waals surface area contributed by atoms with E-state index in [1.807, 2.05) is 44.2 Å². The van der Waals surface area contributed by atoms with Gasteiger partial charge in [-0.15, -0.1) is 0 Å². The predicted octanol–water partition coefficient (Wildman–Crippen LogP) is 3.47. The highest BCUT2D eigenvalue weighted by atomic mass is 32.2. The zero-order chi connectivity index (χ0) is 22.2. The Morgan fingerprint density at radius 3 is 2.78 bits per heavy atom. The second kappa shape index (κ2) is 8.55. The number of rotatable bonds is 7. The topological polar surface area (TPSA) is 95.6 Å². The fourth-order valence-corrected chi connectivity index (χ4v) is 5.14. The van der Waals surface area contributed by atoms with E-state index in [1.54, 1.807) is 6.20 Å². The third kappa shape index (κ3) is 4.05. The molecule has 3 aromatic rings. The number of aromatic nitrogens is 3. The van der Waals surface area contributed by atoms with Gasteiger partial charge in [-0.25, -0.2) is 4.98 Å². The summed E-state index contributed by atoms with van der Waals surface area (Å²) in [5.41, 5.74) is 3.02. The Bertz CT molecular complexity index is 1110. The minimum Gasteiger partial charge on any atom is -0.492 e. The Balaban J connectivity index is 1.28. The van der Waals surface area contributed by atoms with Crippen molar-refractivity contribution in [1.82, 2.24) is 15.0 Å². The lowest BCUT2D eigenvalue weighted by Crippen LogP contribution is -2.49. The average molecular weight is 458 g/mol. The van der Waals surface area contributed by atoms with Gasteiger partial charge in [0.25, 0.3) is 5.97 Å². The zero-order valence-corrected chi connectivity index (χ0v) is 19.1. The van der Waals surface area contributed by atoms with Gasteiger partial charge in [0.2, 0.25) is 0 Å². The van der Waals surface area contributed by atoms with E-state index < -0.39 is 16.8 Å². The van der Waals surface area contributed by atoms with Crippen molar-refractivity contribution in [2.75, 3.05) is 26.4 Å². The summed E-state index contributed by atoms with van der Waals surface area (Å²) in [6.45, 7) is 6.03. The molecule has 3 aliphatic rings. The van der Waals surface area contributed by atoms with Gasteiger partial charge >= 0.3 is 0 Å². The lowest BCUT2D eigenvalue weighted by Gasteiger charge is -2.40. The first-order valence-electron chi connectivity index (χ1n) is 10.8. The van der Waals surface area contributed by atoms with Crippen LogP contribution in [0.2, 0.25) is 0 Å². The molecule has 0 saturated carbocycles. The second-order valence-corrected chi connectivity index (χ2v) is 9.80. The van der Waals surface area contributed by atoms with E-state index in [-0.39, 0.29) is 11.2 Å². The zero-order valence-electron chi connectivity index (χ0n) is 18.3. The number of nitrogens with one attached hydrogen (secondary N) is 1. The van der Waals surface area contributed by atoms with Gasteiger partial charge in [0, 0.05) is 18.2 Å². The molecule has 3 saturated heterocycles. The Labute approximate surface area is 189 Å². The molecule has 9 heteroatoms. The van der Waals surface area contributed by atoms with Gasteiger partial charge in [-0.05, 0) is 31.5 Å². The lowest BCUT2D eigenvalue weighted by atomic mass is 9.87. The molecule has 5 heterocycles. The first-order valence-corrected chi connectivity index (χ1v) is 12.2. The Morgan fingerprint density at radius 1 is 1.19 bits per heavy atom. The molecular formula is C23H27N3O5S. The lowest BCUT2D eigenvalue weighted by molar-refractivity contribution is -0.402. The molecule has 1 N–H and O–H groups in total. The molecule has 0 spiro atoms. The van der Waals surface area contributed by atoms with E-state index in [0.29, 0.717) is 38.0 Å². The molecule has 0 radical (unpaired) electrons. The summed E-state index contributed by atoms with van der Waals surface area (Å²) in [6.07, 6.45) is 3.15. The normalized spacial score (nSPS) is 26.2. The van der Waals surface area contributed by atoms with Crippen LogP contribution in [0.3, 0.4) is 0 Å². The quantitative estimate of drug-likeness (QED) is 0.580. The predicted molar refractivity (Wildman–Crippen MR) is 119 cm³/mol. The monoisotopic (exact) mass is 457 g/mol. The fraction of sp³-hybridized carbons (Fsp3) is 0.478. The summed E-state index contributed by atoms with van der Waals surface area (Å²) in [4.78, 5) is 12.0. The summed E-state index contributed by atoms with van der Waals surface area (Å²) in [5.74, 6) is 0.0802. The molecule has 170 valence electrons. The summed E-state index contributed by atoms with van der Waals surface area (Å²) < 4.78 is 36.8. The Morgan fingerprint density at radius 2 is 2.00 bits per heavy atom. The first-order chi connectivity index (χ1) is 15.5. The van der Waals surface area contributed by atoms with Crippen molar-refractivity contribution >= 4 is 21.8 Å². The van der Waals surface area contributed by atoms with E-state index in [4.69, 9.17) is 18.9 Å². The molecule has 0 aliphatic carbocycles. The van der Waals surface area contributed by atoms with Crippen LogP contribution < -0.4 is 4.74 Å². The van der Waals surface area contributed by atoms with Crippen LogP contribution in [-0.2, 0) is 30.8 Å². The van der Waals surface area contributed by atoms with Crippen LogP contribution in [0.5, 0.6) is 5.75 Å². The number of hydrogen-bond donors (Lipinski definition) is 1.